The minimum absolute atomic E-state index is 0.00722. The monoisotopic (exact) mass is 206 g/mol. The van der Waals surface area contributed by atoms with Crippen LogP contribution in [-0.4, -0.2) is 42.2 Å². The summed E-state index contributed by atoms with van der Waals surface area (Å²) < 4.78 is 10.3. The second-order valence-corrected chi connectivity index (χ2v) is 5.15. The summed E-state index contributed by atoms with van der Waals surface area (Å²) >= 11 is 0. The van der Waals surface area contributed by atoms with Crippen molar-refractivity contribution in [2.75, 3.05) is 20.8 Å². The highest BCUT2D eigenvalue weighted by molar-refractivity contribution is 6.36. The molecule has 0 heterocycles. The molecule has 2 unspecified atom stereocenters. The quantitative estimate of drug-likeness (QED) is 0.417. The Kier molecular flexibility index (Phi) is 7.49. The maximum Gasteiger partial charge on any atom is 0.134 e. The lowest BCUT2D eigenvalue weighted by atomic mass is 10.1. The molecule has 4 N–H and O–H groups in total. The van der Waals surface area contributed by atoms with E-state index in [0.717, 1.165) is 6.04 Å². The smallest absolute Gasteiger partial charge is 0.134 e. The number of hydrogen-bond donors (Lipinski definition) is 2. The van der Waals surface area contributed by atoms with Crippen LogP contribution in [0.25, 0.3) is 0 Å². The summed E-state index contributed by atoms with van der Waals surface area (Å²) in [6.07, 6.45) is 0. The average molecular weight is 206 g/mol. The predicted molar refractivity (Wildman–Crippen MR) is 57.4 cm³/mol. The topological polar surface area (TPSA) is 70.5 Å². The molecular weight excluding hydrogens is 184 g/mol. The van der Waals surface area contributed by atoms with Crippen LogP contribution in [0.5, 0.6) is 0 Å². The molecule has 4 nitrogen and oxygen atoms in total. The van der Waals surface area contributed by atoms with Gasteiger partial charge in [-0.15, -0.1) is 0 Å². The molecule has 2 atom stereocenters. The second kappa shape index (κ2) is 7.46. The van der Waals surface area contributed by atoms with Crippen LogP contribution < -0.4 is 11.5 Å². The molecule has 0 aromatic carbocycles. The van der Waals surface area contributed by atoms with Crippen LogP contribution in [0.4, 0.5) is 0 Å². The summed E-state index contributed by atoms with van der Waals surface area (Å²) in [5, 5.41) is 0. The van der Waals surface area contributed by atoms with Crippen molar-refractivity contribution in [1.82, 2.24) is 0 Å². The van der Waals surface area contributed by atoms with Crippen LogP contribution >= 0.6 is 0 Å². The fraction of sp³-hybridized carbons (Fsp3) is 1.00. The highest BCUT2D eigenvalue weighted by Crippen LogP contribution is 2.07. The number of nitrogens with two attached hydrogens (primary N) is 2. The van der Waals surface area contributed by atoms with Crippen LogP contribution in [-0.2, 0) is 9.47 Å². The molecule has 0 aromatic rings. The van der Waals surface area contributed by atoms with Crippen molar-refractivity contribution in [1.29, 1.82) is 0 Å². The van der Waals surface area contributed by atoms with Crippen molar-refractivity contribution in [3.8, 4) is 0 Å². The van der Waals surface area contributed by atoms with Crippen molar-refractivity contribution in [2.45, 2.75) is 24.9 Å². The van der Waals surface area contributed by atoms with Gasteiger partial charge in [-0.25, -0.2) is 0 Å². The molecule has 5 heteroatoms. The van der Waals surface area contributed by atoms with Gasteiger partial charge in [0.1, 0.15) is 5.91 Å². The Morgan fingerprint density at radius 3 is 2.15 bits per heavy atom. The van der Waals surface area contributed by atoms with Gasteiger partial charge in [-0.3, -0.25) is 0 Å². The highest BCUT2D eigenvalue weighted by Gasteiger charge is 2.15. The van der Waals surface area contributed by atoms with E-state index in [1.165, 1.54) is 0 Å². The number of rotatable bonds is 7. The van der Waals surface area contributed by atoms with Crippen molar-refractivity contribution in [3.05, 3.63) is 0 Å². The molecule has 0 aliphatic heterocycles. The number of ether oxygens (including phenoxy) is 2. The second-order valence-electron chi connectivity index (χ2n) is 3.33. The molecular formula is C8H22N2O2Si. The van der Waals surface area contributed by atoms with Gasteiger partial charge in [0, 0.05) is 20.3 Å². The van der Waals surface area contributed by atoms with E-state index >= 15 is 0 Å². The van der Waals surface area contributed by atoms with Crippen molar-refractivity contribution in [3.63, 3.8) is 0 Å². The summed E-state index contributed by atoms with van der Waals surface area (Å²) in [7, 11) is 2.96. The fourth-order valence-corrected chi connectivity index (χ4v) is 3.21. The lowest BCUT2D eigenvalue weighted by molar-refractivity contribution is -0.0443. The minimum atomic E-state index is -0.380. The molecule has 0 radical (unpaired) electrons. The van der Waals surface area contributed by atoms with Crippen LogP contribution in [0.2, 0.25) is 6.04 Å². The Labute approximate surface area is 82.8 Å². The normalized spacial score (nSPS) is 17.1. The van der Waals surface area contributed by atoms with Crippen LogP contribution in [0.3, 0.4) is 0 Å². The third kappa shape index (κ3) is 5.38. The van der Waals surface area contributed by atoms with Crippen molar-refractivity contribution < 1.29 is 9.47 Å². The van der Waals surface area contributed by atoms with Gasteiger partial charge in [0.05, 0.1) is 9.52 Å². The molecule has 0 spiro atoms. The summed E-state index contributed by atoms with van der Waals surface area (Å²) in [4.78, 5) is 0. The SMILES string of the molecule is COC(OC)[SiH2]CC(CN)C(C)N. The van der Waals surface area contributed by atoms with Crippen LogP contribution in [0, 0.1) is 5.92 Å². The summed E-state index contributed by atoms with van der Waals surface area (Å²) in [6.45, 7) is 2.66. The zero-order chi connectivity index (χ0) is 10.3. The lowest BCUT2D eigenvalue weighted by Gasteiger charge is -2.20. The average Bonchev–Trinajstić information content (AvgIpc) is 2.12. The first-order chi connectivity index (χ1) is 6.15. The Balaban J connectivity index is 3.69. The lowest BCUT2D eigenvalue weighted by Crippen LogP contribution is -2.35. The molecule has 13 heavy (non-hydrogen) atoms. The first-order valence-corrected chi connectivity index (χ1v) is 6.48. The molecule has 0 saturated carbocycles. The van der Waals surface area contributed by atoms with Crippen molar-refractivity contribution >= 4 is 9.52 Å². The van der Waals surface area contributed by atoms with E-state index in [9.17, 15) is 0 Å². The predicted octanol–water partition coefficient (Wildman–Crippen LogP) is -0.928. The fourth-order valence-electron chi connectivity index (χ4n) is 1.28. The highest BCUT2D eigenvalue weighted by atomic mass is 28.2. The Hall–Kier alpha value is 0.0569. The van der Waals surface area contributed by atoms with E-state index in [-0.39, 0.29) is 21.5 Å². The zero-order valence-corrected chi connectivity index (χ0v) is 10.2. The van der Waals surface area contributed by atoms with E-state index in [4.69, 9.17) is 20.9 Å². The van der Waals surface area contributed by atoms with Gasteiger partial charge in [-0.05, 0) is 19.4 Å². The van der Waals surface area contributed by atoms with Gasteiger partial charge in [-0.1, -0.05) is 6.04 Å². The Morgan fingerprint density at radius 1 is 1.31 bits per heavy atom. The van der Waals surface area contributed by atoms with Gasteiger partial charge in [0.2, 0.25) is 0 Å². The summed E-state index contributed by atoms with van der Waals surface area (Å²) in [5.74, 6) is 0.423. The van der Waals surface area contributed by atoms with E-state index in [1.807, 2.05) is 6.92 Å². The Morgan fingerprint density at radius 2 is 1.85 bits per heavy atom. The van der Waals surface area contributed by atoms with Gasteiger partial charge in [-0.2, -0.15) is 0 Å². The van der Waals surface area contributed by atoms with E-state index < -0.39 is 0 Å². The molecule has 0 bridgehead atoms. The zero-order valence-electron chi connectivity index (χ0n) is 8.82. The first-order valence-electron chi connectivity index (χ1n) is 4.66. The molecule has 0 fully saturated rings. The summed E-state index contributed by atoms with van der Waals surface area (Å²) in [5.41, 5.74) is 11.4. The van der Waals surface area contributed by atoms with E-state index in [0.29, 0.717) is 12.5 Å². The molecule has 80 valence electrons. The summed E-state index contributed by atoms with van der Waals surface area (Å²) in [6, 6.07) is 1.26. The number of methoxy groups -OCH3 is 2. The maximum atomic E-state index is 5.78. The molecule has 0 aromatic heterocycles. The third-order valence-corrected chi connectivity index (χ3v) is 4.56. The number of hydrogen-bond acceptors (Lipinski definition) is 4. The molecule has 0 rings (SSSR count). The minimum Gasteiger partial charge on any atom is -0.360 e. The largest absolute Gasteiger partial charge is 0.360 e. The van der Waals surface area contributed by atoms with Gasteiger partial charge in [0.25, 0.3) is 0 Å². The molecule has 0 aliphatic rings. The van der Waals surface area contributed by atoms with E-state index in [2.05, 4.69) is 0 Å². The maximum absolute atomic E-state index is 5.78. The molecule has 0 aliphatic carbocycles. The van der Waals surface area contributed by atoms with Crippen LogP contribution in [0.15, 0.2) is 0 Å². The van der Waals surface area contributed by atoms with Crippen LogP contribution in [0.1, 0.15) is 6.92 Å². The van der Waals surface area contributed by atoms with E-state index in [1.54, 1.807) is 14.2 Å². The molecule has 0 amide bonds. The standard InChI is InChI=1S/C8H22N2O2Si/c1-6(10)7(4-9)5-13-8(11-2)12-3/h6-8H,4-5,9-10,13H2,1-3H3. The van der Waals surface area contributed by atoms with Gasteiger partial charge >= 0.3 is 0 Å². The van der Waals surface area contributed by atoms with Gasteiger partial charge in [0.15, 0.2) is 0 Å². The molecule has 0 saturated heterocycles. The van der Waals surface area contributed by atoms with Crippen molar-refractivity contribution in [2.24, 2.45) is 17.4 Å². The Bertz CT molecular complexity index is 121. The van der Waals surface area contributed by atoms with Gasteiger partial charge < -0.3 is 20.9 Å². The first kappa shape index (κ1) is 13.1. The third-order valence-electron chi connectivity index (χ3n) is 2.35.